The molecule has 0 aromatic heterocycles. The molecular formula is C6H14O8S2. The SMILES string of the molecule is CS(=O)(=O)OCC(O)C(O)COS(C)(=O)=O. The molecular weight excluding hydrogens is 264 g/mol. The fraction of sp³-hybridized carbons (Fsp3) is 1.00. The predicted molar refractivity (Wildman–Crippen MR) is 53.6 cm³/mol. The third-order valence-electron chi connectivity index (χ3n) is 1.35. The molecule has 2 atom stereocenters. The molecule has 16 heavy (non-hydrogen) atoms. The van der Waals surface area contributed by atoms with Crippen molar-refractivity contribution in [3.05, 3.63) is 0 Å². The fourth-order valence-corrected chi connectivity index (χ4v) is 1.38. The standard InChI is InChI=1S/C6H14O8S2/c1-15(9,10)13-3-5(7)6(8)4-14-16(2,11)12/h5-8H,3-4H2,1-2H3. The van der Waals surface area contributed by atoms with Gasteiger partial charge >= 0.3 is 0 Å². The Balaban J connectivity index is 4.05. The van der Waals surface area contributed by atoms with E-state index >= 15 is 0 Å². The average Bonchev–Trinajstić information content (AvgIpc) is 2.07. The summed E-state index contributed by atoms with van der Waals surface area (Å²) in [4.78, 5) is 0. The molecule has 0 aliphatic carbocycles. The Labute approximate surface area is 94.0 Å². The zero-order valence-corrected chi connectivity index (χ0v) is 10.4. The Bertz CT molecular complexity index is 356. The predicted octanol–water partition coefficient (Wildman–Crippen LogP) is -2.34. The van der Waals surface area contributed by atoms with Crippen LogP contribution in [0, 0.1) is 0 Å². The van der Waals surface area contributed by atoms with Crippen molar-refractivity contribution in [2.24, 2.45) is 0 Å². The van der Waals surface area contributed by atoms with Crippen LogP contribution in [0.1, 0.15) is 0 Å². The monoisotopic (exact) mass is 278 g/mol. The highest BCUT2D eigenvalue weighted by Crippen LogP contribution is 2.00. The Kier molecular flexibility index (Phi) is 5.79. The van der Waals surface area contributed by atoms with E-state index in [1.165, 1.54) is 0 Å². The zero-order valence-electron chi connectivity index (χ0n) is 8.73. The second kappa shape index (κ2) is 5.89. The molecule has 0 bridgehead atoms. The highest BCUT2D eigenvalue weighted by atomic mass is 32.2. The molecule has 0 radical (unpaired) electrons. The van der Waals surface area contributed by atoms with Crippen LogP contribution < -0.4 is 0 Å². The third kappa shape index (κ3) is 9.00. The highest BCUT2D eigenvalue weighted by Gasteiger charge is 2.20. The molecule has 0 aromatic carbocycles. The van der Waals surface area contributed by atoms with Gasteiger partial charge in [-0.2, -0.15) is 16.8 Å². The van der Waals surface area contributed by atoms with Gasteiger partial charge in [0.1, 0.15) is 12.2 Å². The van der Waals surface area contributed by atoms with Crippen molar-refractivity contribution < 1.29 is 35.4 Å². The van der Waals surface area contributed by atoms with E-state index in [2.05, 4.69) is 8.37 Å². The summed E-state index contributed by atoms with van der Waals surface area (Å²) < 4.78 is 50.5. The van der Waals surface area contributed by atoms with Crippen LogP contribution in [0.25, 0.3) is 0 Å². The Morgan fingerprint density at radius 1 is 0.875 bits per heavy atom. The van der Waals surface area contributed by atoms with Crippen LogP contribution in [0.5, 0.6) is 0 Å². The van der Waals surface area contributed by atoms with Gasteiger partial charge in [0.2, 0.25) is 0 Å². The minimum Gasteiger partial charge on any atom is -0.388 e. The molecule has 10 heteroatoms. The lowest BCUT2D eigenvalue weighted by Gasteiger charge is -2.16. The first kappa shape index (κ1) is 15.7. The van der Waals surface area contributed by atoms with E-state index in [9.17, 15) is 16.8 Å². The second-order valence-corrected chi connectivity index (χ2v) is 6.40. The van der Waals surface area contributed by atoms with Crippen molar-refractivity contribution in [1.82, 2.24) is 0 Å². The molecule has 0 aliphatic rings. The summed E-state index contributed by atoms with van der Waals surface area (Å²) in [6, 6.07) is 0. The lowest BCUT2D eigenvalue weighted by Crippen LogP contribution is -2.35. The molecule has 0 aromatic rings. The second-order valence-electron chi connectivity index (χ2n) is 3.11. The van der Waals surface area contributed by atoms with Crippen molar-refractivity contribution >= 4 is 20.2 Å². The molecule has 8 nitrogen and oxygen atoms in total. The Morgan fingerprint density at radius 3 is 1.31 bits per heavy atom. The van der Waals surface area contributed by atoms with E-state index in [-0.39, 0.29) is 0 Å². The molecule has 0 aliphatic heterocycles. The van der Waals surface area contributed by atoms with Crippen LogP contribution in [-0.2, 0) is 28.6 Å². The van der Waals surface area contributed by atoms with Crippen LogP contribution in [0.2, 0.25) is 0 Å². The summed E-state index contributed by atoms with van der Waals surface area (Å²) in [6.07, 6.45) is -1.56. The molecule has 0 amide bonds. The smallest absolute Gasteiger partial charge is 0.264 e. The van der Waals surface area contributed by atoms with Gasteiger partial charge in [-0.1, -0.05) is 0 Å². The maximum Gasteiger partial charge on any atom is 0.264 e. The van der Waals surface area contributed by atoms with Crippen LogP contribution in [0.4, 0.5) is 0 Å². The van der Waals surface area contributed by atoms with E-state index in [0.29, 0.717) is 0 Å². The lowest BCUT2D eigenvalue weighted by molar-refractivity contribution is -0.0264. The van der Waals surface area contributed by atoms with Crippen LogP contribution >= 0.6 is 0 Å². The first-order valence-corrected chi connectivity index (χ1v) is 7.69. The summed E-state index contributed by atoms with van der Waals surface area (Å²) in [5.74, 6) is 0. The normalized spacial score (nSPS) is 17.0. The number of aliphatic hydroxyl groups excluding tert-OH is 2. The molecule has 0 spiro atoms. The molecule has 2 unspecified atom stereocenters. The summed E-state index contributed by atoms with van der Waals surface area (Å²) >= 11 is 0. The Hall–Kier alpha value is -0.260. The lowest BCUT2D eigenvalue weighted by atomic mass is 10.2. The minimum absolute atomic E-state index is 0.673. The summed E-state index contributed by atoms with van der Waals surface area (Å²) in [5, 5.41) is 18.3. The molecule has 0 fully saturated rings. The molecule has 98 valence electrons. The molecule has 0 heterocycles. The number of hydrogen-bond donors (Lipinski definition) is 2. The van der Waals surface area contributed by atoms with Crippen LogP contribution in [0.15, 0.2) is 0 Å². The summed E-state index contributed by atoms with van der Waals surface area (Å²) in [6.45, 7) is -1.35. The largest absolute Gasteiger partial charge is 0.388 e. The van der Waals surface area contributed by atoms with Gasteiger partial charge in [-0.15, -0.1) is 0 Å². The van der Waals surface area contributed by atoms with Crippen molar-refractivity contribution in [1.29, 1.82) is 0 Å². The summed E-state index contributed by atoms with van der Waals surface area (Å²) in [5.41, 5.74) is 0. The van der Waals surface area contributed by atoms with E-state index in [1.54, 1.807) is 0 Å². The zero-order chi connectivity index (χ0) is 13.0. The molecule has 0 saturated carbocycles. The number of rotatable bonds is 7. The van der Waals surface area contributed by atoms with Crippen molar-refractivity contribution in [3.8, 4) is 0 Å². The van der Waals surface area contributed by atoms with Gasteiger partial charge in [0, 0.05) is 0 Å². The topological polar surface area (TPSA) is 127 Å². The molecule has 0 saturated heterocycles. The maximum atomic E-state index is 10.5. The van der Waals surface area contributed by atoms with E-state index in [1.807, 2.05) is 0 Å². The van der Waals surface area contributed by atoms with Crippen molar-refractivity contribution in [2.75, 3.05) is 25.7 Å². The van der Waals surface area contributed by atoms with Gasteiger partial charge in [0.25, 0.3) is 20.2 Å². The van der Waals surface area contributed by atoms with Gasteiger partial charge in [0.05, 0.1) is 25.7 Å². The third-order valence-corrected chi connectivity index (χ3v) is 2.48. The van der Waals surface area contributed by atoms with Crippen LogP contribution in [-0.4, -0.2) is 65.0 Å². The Morgan fingerprint density at radius 2 is 1.12 bits per heavy atom. The average molecular weight is 278 g/mol. The number of aliphatic hydroxyl groups is 2. The van der Waals surface area contributed by atoms with Gasteiger partial charge < -0.3 is 10.2 Å². The van der Waals surface area contributed by atoms with E-state index in [4.69, 9.17) is 10.2 Å². The maximum absolute atomic E-state index is 10.5. The van der Waals surface area contributed by atoms with Gasteiger partial charge in [-0.05, 0) is 0 Å². The molecule has 0 rings (SSSR count). The van der Waals surface area contributed by atoms with Gasteiger partial charge in [-0.25, -0.2) is 0 Å². The summed E-state index contributed by atoms with van der Waals surface area (Å²) in [7, 11) is -7.45. The first-order valence-electron chi connectivity index (χ1n) is 4.06. The van der Waals surface area contributed by atoms with E-state index in [0.717, 1.165) is 12.5 Å². The highest BCUT2D eigenvalue weighted by molar-refractivity contribution is 7.86. The van der Waals surface area contributed by atoms with Crippen molar-refractivity contribution in [3.63, 3.8) is 0 Å². The fourth-order valence-electron chi connectivity index (χ4n) is 0.609. The molecule has 2 N–H and O–H groups in total. The van der Waals surface area contributed by atoms with Crippen LogP contribution in [0.3, 0.4) is 0 Å². The van der Waals surface area contributed by atoms with Gasteiger partial charge in [-0.3, -0.25) is 8.37 Å². The first-order chi connectivity index (χ1) is 7.01. The van der Waals surface area contributed by atoms with Crippen molar-refractivity contribution in [2.45, 2.75) is 12.2 Å². The minimum atomic E-state index is -3.73. The van der Waals surface area contributed by atoms with E-state index < -0.39 is 45.7 Å². The number of hydrogen-bond acceptors (Lipinski definition) is 8. The quantitative estimate of drug-likeness (QED) is 0.496. The van der Waals surface area contributed by atoms with Gasteiger partial charge in [0.15, 0.2) is 0 Å².